The lowest BCUT2D eigenvalue weighted by Crippen LogP contribution is -2.36. The fourth-order valence-corrected chi connectivity index (χ4v) is 3.78. The van der Waals surface area contributed by atoms with Crippen LogP contribution in [0.1, 0.15) is 18.5 Å². The topological polar surface area (TPSA) is 87.5 Å². The Morgan fingerprint density at radius 2 is 1.89 bits per heavy atom. The summed E-state index contributed by atoms with van der Waals surface area (Å²) in [5, 5.41) is 8.83. The minimum Gasteiger partial charge on any atom is -0.297 e. The first-order valence-corrected chi connectivity index (χ1v) is 9.59. The molecule has 1 aliphatic heterocycles. The summed E-state index contributed by atoms with van der Waals surface area (Å²) in [7, 11) is 0. The molecular formula is C20H17N5O2S. The van der Waals surface area contributed by atoms with Gasteiger partial charge in [-0.25, -0.2) is 9.99 Å². The minimum absolute atomic E-state index is 0.134. The molecule has 0 spiro atoms. The van der Waals surface area contributed by atoms with E-state index in [-0.39, 0.29) is 18.2 Å². The number of benzene rings is 1. The van der Waals surface area contributed by atoms with Crippen molar-refractivity contribution >= 4 is 39.7 Å². The van der Waals surface area contributed by atoms with Crippen LogP contribution in [0, 0.1) is 6.92 Å². The number of rotatable bonds is 4. The van der Waals surface area contributed by atoms with Gasteiger partial charge >= 0.3 is 0 Å². The van der Waals surface area contributed by atoms with Gasteiger partial charge in [-0.3, -0.25) is 19.9 Å². The highest BCUT2D eigenvalue weighted by molar-refractivity contribution is 7.19. The van der Waals surface area contributed by atoms with Gasteiger partial charge in [-0.15, -0.1) is 0 Å². The predicted molar refractivity (Wildman–Crippen MR) is 109 cm³/mol. The second-order valence-electron chi connectivity index (χ2n) is 6.19. The molecule has 3 aromatic rings. The zero-order chi connectivity index (χ0) is 19.5. The molecule has 0 atom stereocenters. The molecule has 0 bridgehead atoms. The number of anilines is 2. The minimum atomic E-state index is -0.352. The molecule has 7 nitrogen and oxygen atoms in total. The fourth-order valence-electron chi connectivity index (χ4n) is 2.84. The maximum atomic E-state index is 12.7. The van der Waals surface area contributed by atoms with Gasteiger partial charge in [0.2, 0.25) is 5.91 Å². The Balaban J connectivity index is 1.55. The van der Waals surface area contributed by atoms with E-state index in [9.17, 15) is 9.59 Å². The third-order valence-electron chi connectivity index (χ3n) is 4.21. The largest absolute Gasteiger partial charge is 0.297 e. The molecule has 28 heavy (non-hydrogen) atoms. The fraction of sp³-hybridized carbons (Fsp3) is 0.150. The molecule has 1 aliphatic rings. The molecule has 2 aromatic heterocycles. The summed E-state index contributed by atoms with van der Waals surface area (Å²) in [5.74, 6) is -0.486. The van der Waals surface area contributed by atoms with E-state index in [1.807, 2.05) is 43.3 Å². The summed E-state index contributed by atoms with van der Waals surface area (Å²) in [5.41, 5.74) is 2.55. The molecule has 4 rings (SSSR count). The molecular weight excluding hydrogens is 374 g/mol. The smallest absolute Gasteiger partial charge is 0.273 e. The van der Waals surface area contributed by atoms with Crippen LogP contribution < -0.4 is 10.3 Å². The number of thiazole rings is 1. The van der Waals surface area contributed by atoms with E-state index in [0.717, 1.165) is 16.3 Å². The molecule has 0 fully saturated rings. The van der Waals surface area contributed by atoms with Crippen LogP contribution in [0.4, 0.5) is 10.8 Å². The van der Waals surface area contributed by atoms with Crippen molar-refractivity contribution in [3.8, 4) is 10.6 Å². The molecule has 2 amide bonds. The van der Waals surface area contributed by atoms with Crippen molar-refractivity contribution in [3.63, 3.8) is 0 Å². The average Bonchev–Trinajstić information content (AvgIpc) is 3.09. The van der Waals surface area contributed by atoms with Crippen molar-refractivity contribution in [3.05, 3.63) is 60.4 Å². The number of carbonyl (C=O) groups excluding carboxylic acids is 2. The monoisotopic (exact) mass is 391 g/mol. The molecule has 140 valence electrons. The lowest BCUT2D eigenvalue weighted by Gasteiger charge is -2.22. The number of hydrazone groups is 1. The maximum Gasteiger partial charge on any atom is 0.273 e. The number of aryl methyl sites for hydroxylation is 1. The number of nitrogens with zero attached hydrogens (tertiary/aromatic N) is 4. The second-order valence-corrected chi connectivity index (χ2v) is 7.19. The van der Waals surface area contributed by atoms with Gasteiger partial charge in [-0.2, -0.15) is 5.10 Å². The lowest BCUT2D eigenvalue weighted by atomic mass is 10.1. The molecule has 0 saturated heterocycles. The molecule has 0 radical (unpaired) electrons. The van der Waals surface area contributed by atoms with E-state index in [4.69, 9.17) is 0 Å². The van der Waals surface area contributed by atoms with Crippen molar-refractivity contribution in [2.75, 3.05) is 10.3 Å². The third-order valence-corrected chi connectivity index (χ3v) is 5.31. The summed E-state index contributed by atoms with van der Waals surface area (Å²) >= 11 is 1.36. The van der Waals surface area contributed by atoms with Crippen LogP contribution in [0.3, 0.4) is 0 Å². The zero-order valence-electron chi connectivity index (χ0n) is 15.1. The van der Waals surface area contributed by atoms with Gasteiger partial charge in [0, 0.05) is 19.0 Å². The number of nitrogens with one attached hydrogen (secondary N) is 1. The Labute approximate surface area is 165 Å². The van der Waals surface area contributed by atoms with Gasteiger partial charge in [0.25, 0.3) is 5.91 Å². The van der Waals surface area contributed by atoms with E-state index in [2.05, 4.69) is 20.4 Å². The third kappa shape index (κ3) is 3.67. The summed E-state index contributed by atoms with van der Waals surface area (Å²) < 4.78 is 0. The van der Waals surface area contributed by atoms with Crippen LogP contribution in [-0.2, 0) is 9.59 Å². The highest BCUT2D eigenvalue weighted by Crippen LogP contribution is 2.31. The van der Waals surface area contributed by atoms with Crippen LogP contribution in [-0.4, -0.2) is 27.5 Å². The van der Waals surface area contributed by atoms with Gasteiger partial charge in [0.1, 0.15) is 5.71 Å². The van der Waals surface area contributed by atoms with Gasteiger partial charge < -0.3 is 0 Å². The van der Waals surface area contributed by atoms with Crippen LogP contribution in [0.15, 0.2) is 59.8 Å². The van der Waals surface area contributed by atoms with E-state index < -0.39 is 0 Å². The van der Waals surface area contributed by atoms with Crippen molar-refractivity contribution in [2.24, 2.45) is 5.10 Å². The Hall–Kier alpha value is -3.39. The second kappa shape index (κ2) is 7.69. The van der Waals surface area contributed by atoms with Gasteiger partial charge in [0.05, 0.1) is 22.0 Å². The highest BCUT2D eigenvalue weighted by atomic mass is 32.1. The summed E-state index contributed by atoms with van der Waals surface area (Å²) in [6.45, 7) is 1.88. The Bertz CT molecular complexity index is 1050. The molecule has 1 aromatic carbocycles. The van der Waals surface area contributed by atoms with Gasteiger partial charge in [-0.1, -0.05) is 35.6 Å². The van der Waals surface area contributed by atoms with Crippen LogP contribution in [0.2, 0.25) is 0 Å². The number of aromatic nitrogens is 2. The first-order valence-electron chi connectivity index (χ1n) is 8.77. The van der Waals surface area contributed by atoms with E-state index >= 15 is 0 Å². The number of hydrogen-bond donors (Lipinski definition) is 1. The van der Waals surface area contributed by atoms with E-state index in [1.165, 1.54) is 16.3 Å². The standard InChI is InChI=1S/C20H17N5O2S/c1-13-18(15-9-5-6-12-21-15)28-20(22-13)23-19(27)16-10-11-17(26)25(24-16)14-7-3-2-4-8-14/h2-9,12H,10-11H2,1H3,(H,22,23,27). The van der Waals surface area contributed by atoms with Crippen LogP contribution in [0.25, 0.3) is 10.6 Å². The SMILES string of the molecule is Cc1nc(NC(=O)C2=NN(c3ccccc3)C(=O)CC2)sc1-c1ccccn1. The quantitative estimate of drug-likeness (QED) is 0.736. The van der Waals surface area contributed by atoms with Crippen molar-refractivity contribution in [2.45, 2.75) is 19.8 Å². The zero-order valence-corrected chi connectivity index (χ0v) is 15.9. The number of para-hydroxylation sites is 1. The molecule has 0 unspecified atom stereocenters. The predicted octanol–water partition coefficient (Wildman–Crippen LogP) is 3.64. The summed E-state index contributed by atoms with van der Waals surface area (Å²) in [6, 6.07) is 14.7. The Morgan fingerprint density at radius 3 is 2.64 bits per heavy atom. The van der Waals surface area contributed by atoms with Gasteiger partial charge in [0.15, 0.2) is 5.13 Å². The number of pyridine rings is 1. The lowest BCUT2D eigenvalue weighted by molar-refractivity contribution is -0.118. The van der Waals surface area contributed by atoms with Crippen molar-refractivity contribution < 1.29 is 9.59 Å². The Morgan fingerprint density at radius 1 is 1.11 bits per heavy atom. The van der Waals surface area contributed by atoms with Crippen LogP contribution >= 0.6 is 11.3 Å². The molecule has 8 heteroatoms. The van der Waals surface area contributed by atoms with Crippen molar-refractivity contribution in [1.82, 2.24) is 9.97 Å². The summed E-state index contributed by atoms with van der Waals surface area (Å²) in [4.78, 5) is 34.5. The highest BCUT2D eigenvalue weighted by Gasteiger charge is 2.26. The Kier molecular flexibility index (Phi) is 4.94. The maximum absolute atomic E-state index is 12.7. The number of carbonyl (C=O) groups is 2. The first-order chi connectivity index (χ1) is 13.6. The van der Waals surface area contributed by atoms with Crippen LogP contribution in [0.5, 0.6) is 0 Å². The van der Waals surface area contributed by atoms with Gasteiger partial charge in [-0.05, 0) is 31.2 Å². The average molecular weight is 391 g/mol. The molecule has 1 N–H and O–H groups in total. The normalized spacial score (nSPS) is 14.0. The number of amides is 2. The summed E-state index contributed by atoms with van der Waals surface area (Å²) in [6.07, 6.45) is 2.25. The first kappa shape index (κ1) is 18.0. The van der Waals surface area contributed by atoms with E-state index in [0.29, 0.717) is 23.0 Å². The molecule has 0 aliphatic carbocycles. The molecule has 3 heterocycles. The molecule has 0 saturated carbocycles. The number of hydrogen-bond acceptors (Lipinski definition) is 6. The van der Waals surface area contributed by atoms with E-state index in [1.54, 1.807) is 18.3 Å². The van der Waals surface area contributed by atoms with Crippen molar-refractivity contribution in [1.29, 1.82) is 0 Å².